The van der Waals surface area contributed by atoms with Gasteiger partial charge in [0.05, 0.1) is 28.6 Å². The quantitative estimate of drug-likeness (QED) is 0.438. The van der Waals surface area contributed by atoms with Gasteiger partial charge in [0.2, 0.25) is 0 Å². The van der Waals surface area contributed by atoms with E-state index in [1.807, 2.05) is 19.3 Å². The van der Waals surface area contributed by atoms with E-state index in [9.17, 15) is 0 Å². The first-order valence-corrected chi connectivity index (χ1v) is 10.2. The number of H-pyrrole nitrogens is 1. The van der Waals surface area contributed by atoms with Crippen LogP contribution < -0.4 is 5.73 Å². The number of aryl methyl sites for hydroxylation is 1. The van der Waals surface area contributed by atoms with E-state index < -0.39 is 0 Å². The smallest absolute Gasteiger partial charge is 0.153 e. The minimum Gasteiger partial charge on any atom is -0.397 e. The van der Waals surface area contributed by atoms with Crippen LogP contribution in [0.3, 0.4) is 0 Å². The van der Waals surface area contributed by atoms with E-state index in [2.05, 4.69) is 61.3 Å². The van der Waals surface area contributed by atoms with E-state index in [1.54, 1.807) is 6.20 Å². The lowest BCUT2D eigenvalue weighted by molar-refractivity contribution is 0.485. The molecule has 152 valence electrons. The maximum absolute atomic E-state index is 6.58. The van der Waals surface area contributed by atoms with Gasteiger partial charge in [0, 0.05) is 52.7 Å². The highest BCUT2D eigenvalue weighted by Crippen LogP contribution is 2.36. The third-order valence-corrected chi connectivity index (χ3v) is 6.09. The van der Waals surface area contributed by atoms with E-state index in [4.69, 9.17) is 22.3 Å². The Kier molecular flexibility index (Phi) is 4.43. The number of pyridine rings is 2. The Morgan fingerprint density at radius 1 is 1.14 bits per heavy atom. The first-order valence-electron chi connectivity index (χ1n) is 9.86. The van der Waals surface area contributed by atoms with Gasteiger partial charge in [-0.05, 0) is 18.2 Å². The predicted octanol–water partition coefficient (Wildman–Crippen LogP) is 5.50. The number of nitrogens with one attached hydrogen (secondary N) is 1. The van der Waals surface area contributed by atoms with Gasteiger partial charge < -0.3 is 15.3 Å². The van der Waals surface area contributed by atoms with Crippen molar-refractivity contribution in [1.29, 1.82) is 0 Å². The molecular formula is C23H28ClN5. The maximum Gasteiger partial charge on any atom is 0.153 e. The fourth-order valence-electron chi connectivity index (χ4n) is 4.12. The molecule has 29 heavy (non-hydrogen) atoms. The van der Waals surface area contributed by atoms with Gasteiger partial charge in [0.1, 0.15) is 0 Å². The van der Waals surface area contributed by atoms with Crippen molar-refractivity contribution < 1.29 is 0 Å². The number of nitrogen functional groups attached to an aromatic ring is 1. The molecule has 4 aromatic heterocycles. The zero-order chi connectivity index (χ0) is 21.1. The number of aromatic amines is 1. The third kappa shape index (κ3) is 3.27. The number of hydrogen-bond donors (Lipinski definition) is 2. The molecule has 0 spiro atoms. The van der Waals surface area contributed by atoms with Crippen LogP contribution in [0.15, 0.2) is 30.6 Å². The van der Waals surface area contributed by atoms with Crippen LogP contribution in [0.25, 0.3) is 21.8 Å². The predicted molar refractivity (Wildman–Crippen MR) is 122 cm³/mol. The van der Waals surface area contributed by atoms with Crippen LogP contribution in [0.5, 0.6) is 0 Å². The fraction of sp³-hybridized carbons (Fsp3) is 0.391. The minimum atomic E-state index is -0.185. The average Bonchev–Trinajstić information content (AvgIpc) is 3.20. The van der Waals surface area contributed by atoms with Gasteiger partial charge in [-0.3, -0.25) is 4.98 Å². The molecule has 0 bridgehead atoms. The van der Waals surface area contributed by atoms with Gasteiger partial charge in [-0.25, -0.2) is 4.98 Å². The maximum atomic E-state index is 6.58. The van der Waals surface area contributed by atoms with Gasteiger partial charge in [-0.1, -0.05) is 46.2 Å². The number of rotatable bonds is 3. The second-order valence-electron chi connectivity index (χ2n) is 9.57. The average molecular weight is 410 g/mol. The number of aromatic nitrogens is 4. The molecule has 0 aliphatic heterocycles. The zero-order valence-corrected chi connectivity index (χ0v) is 18.6. The van der Waals surface area contributed by atoms with Gasteiger partial charge >= 0.3 is 0 Å². The van der Waals surface area contributed by atoms with Crippen molar-refractivity contribution in [3.8, 4) is 0 Å². The van der Waals surface area contributed by atoms with Crippen molar-refractivity contribution in [1.82, 2.24) is 19.5 Å². The van der Waals surface area contributed by atoms with Crippen molar-refractivity contribution in [3.63, 3.8) is 0 Å². The summed E-state index contributed by atoms with van der Waals surface area (Å²) in [6.45, 7) is 11.0. The van der Waals surface area contributed by atoms with Gasteiger partial charge in [-0.15, -0.1) is 0 Å². The summed E-state index contributed by atoms with van der Waals surface area (Å²) < 4.78 is 2.13. The summed E-state index contributed by atoms with van der Waals surface area (Å²) in [7, 11) is 2.04. The van der Waals surface area contributed by atoms with Crippen LogP contribution in [0, 0.1) is 0 Å². The molecular weight excluding hydrogens is 382 g/mol. The van der Waals surface area contributed by atoms with E-state index in [0.717, 1.165) is 45.3 Å². The van der Waals surface area contributed by atoms with Crippen LogP contribution in [-0.2, 0) is 24.3 Å². The van der Waals surface area contributed by atoms with Gasteiger partial charge in [-0.2, -0.15) is 0 Å². The first kappa shape index (κ1) is 19.8. The number of anilines is 1. The number of hydrogen-bond acceptors (Lipinski definition) is 3. The molecule has 4 aromatic rings. The van der Waals surface area contributed by atoms with Crippen molar-refractivity contribution in [2.75, 3.05) is 5.73 Å². The van der Waals surface area contributed by atoms with Crippen molar-refractivity contribution in [3.05, 3.63) is 52.8 Å². The van der Waals surface area contributed by atoms with Gasteiger partial charge in [0.15, 0.2) is 5.15 Å². The van der Waals surface area contributed by atoms with Crippen molar-refractivity contribution >= 4 is 39.1 Å². The number of nitrogens with zero attached hydrogens (tertiary/aromatic N) is 3. The number of halogens is 1. The van der Waals surface area contributed by atoms with Crippen LogP contribution in [-0.4, -0.2) is 19.5 Å². The molecule has 3 N–H and O–H groups in total. The van der Waals surface area contributed by atoms with E-state index in [1.165, 1.54) is 5.69 Å². The Bertz CT molecular complexity index is 1220. The molecule has 0 saturated heterocycles. The van der Waals surface area contributed by atoms with E-state index >= 15 is 0 Å². The first-order chi connectivity index (χ1) is 13.5. The summed E-state index contributed by atoms with van der Waals surface area (Å²) in [4.78, 5) is 12.4. The summed E-state index contributed by atoms with van der Waals surface area (Å²) in [6, 6.07) is 6.34. The Hall–Kier alpha value is -2.53. The Morgan fingerprint density at radius 3 is 2.52 bits per heavy atom. The number of nitrogens with two attached hydrogens (primary N) is 1. The lowest BCUT2D eigenvalue weighted by Gasteiger charge is -2.26. The molecule has 0 saturated carbocycles. The monoisotopic (exact) mass is 409 g/mol. The molecule has 6 heteroatoms. The Labute approximate surface area is 176 Å². The summed E-state index contributed by atoms with van der Waals surface area (Å²) >= 11 is 6.35. The summed E-state index contributed by atoms with van der Waals surface area (Å²) in [6.07, 6.45) is 4.36. The van der Waals surface area contributed by atoms with Crippen molar-refractivity contribution in [2.45, 2.75) is 51.9 Å². The topological polar surface area (TPSA) is 72.5 Å². The molecule has 0 radical (unpaired) electrons. The van der Waals surface area contributed by atoms with Crippen LogP contribution in [0.2, 0.25) is 5.15 Å². The molecule has 0 fully saturated rings. The minimum absolute atomic E-state index is 0.0291. The highest BCUT2D eigenvalue weighted by molar-refractivity contribution is 6.33. The van der Waals surface area contributed by atoms with Crippen LogP contribution in [0.4, 0.5) is 5.69 Å². The Balaban J connectivity index is 1.77. The molecule has 0 atom stereocenters. The van der Waals surface area contributed by atoms with E-state index in [0.29, 0.717) is 5.15 Å². The lowest BCUT2D eigenvalue weighted by Crippen LogP contribution is -2.24. The Morgan fingerprint density at radius 2 is 1.86 bits per heavy atom. The second-order valence-corrected chi connectivity index (χ2v) is 9.93. The highest BCUT2D eigenvalue weighted by atomic mass is 35.5. The number of fused-ring (bicyclic) bond motifs is 2. The largest absolute Gasteiger partial charge is 0.397 e. The lowest BCUT2D eigenvalue weighted by atomic mass is 9.83. The normalized spacial score (nSPS) is 12.9. The van der Waals surface area contributed by atoms with E-state index in [-0.39, 0.29) is 10.8 Å². The molecule has 0 amide bonds. The van der Waals surface area contributed by atoms with Crippen LogP contribution in [0.1, 0.15) is 51.7 Å². The fourth-order valence-corrected chi connectivity index (χ4v) is 4.41. The summed E-state index contributed by atoms with van der Waals surface area (Å²) in [5, 5.41) is 2.65. The molecule has 0 aromatic carbocycles. The SMILES string of the molecule is Cn1c(C(C)(C)Cc2ncc3[nH]c(C(C)(C)C)cc3c2N)cc2ccnc(Cl)c21. The zero-order valence-electron chi connectivity index (χ0n) is 17.9. The van der Waals surface area contributed by atoms with Crippen molar-refractivity contribution in [2.24, 2.45) is 7.05 Å². The standard InChI is InChI=1S/C23H28ClN5/c1-22(2,3)17-10-14-16(28-17)12-27-15(19(14)25)11-23(4,5)18-9-13-7-8-26-21(24)20(13)29(18)6/h7-10,12,28H,11,25H2,1-6H3. The summed E-state index contributed by atoms with van der Waals surface area (Å²) in [5.74, 6) is 0. The van der Waals surface area contributed by atoms with Crippen LogP contribution >= 0.6 is 11.6 Å². The molecule has 0 aliphatic rings. The highest BCUT2D eigenvalue weighted by Gasteiger charge is 2.28. The second kappa shape index (κ2) is 6.49. The third-order valence-electron chi connectivity index (χ3n) is 5.81. The molecule has 0 aliphatic carbocycles. The molecule has 0 unspecified atom stereocenters. The molecule has 4 heterocycles. The molecule has 4 rings (SSSR count). The molecule has 5 nitrogen and oxygen atoms in total. The van der Waals surface area contributed by atoms with Gasteiger partial charge in [0.25, 0.3) is 0 Å². The summed E-state index contributed by atoms with van der Waals surface area (Å²) in [5.41, 5.74) is 12.4.